The minimum Gasteiger partial charge on any atom is -0.479 e. The number of hydrogen-bond acceptors (Lipinski definition) is 4. The number of carbonyl (C=O) groups excluding carboxylic acids is 1. The van der Waals surface area contributed by atoms with E-state index < -0.39 is 12.1 Å². The Morgan fingerprint density at radius 1 is 1.55 bits per heavy atom. The number of rotatable bonds is 4. The van der Waals surface area contributed by atoms with Gasteiger partial charge in [-0.2, -0.15) is 0 Å². The van der Waals surface area contributed by atoms with E-state index in [0.717, 1.165) is 10.2 Å². The molecule has 1 saturated heterocycles. The second-order valence-electron chi connectivity index (χ2n) is 4.33. The third-order valence-corrected chi connectivity index (χ3v) is 4.59. The zero-order chi connectivity index (χ0) is 14.5. The minimum absolute atomic E-state index is 0.0890. The van der Waals surface area contributed by atoms with E-state index >= 15 is 0 Å². The van der Waals surface area contributed by atoms with Crippen LogP contribution in [0.15, 0.2) is 15.9 Å². The van der Waals surface area contributed by atoms with Gasteiger partial charge in [-0.15, -0.1) is 11.3 Å². The van der Waals surface area contributed by atoms with Gasteiger partial charge < -0.3 is 20.1 Å². The van der Waals surface area contributed by atoms with Gasteiger partial charge >= 0.3 is 12.0 Å². The first kappa shape index (κ1) is 15.3. The van der Waals surface area contributed by atoms with Crippen molar-refractivity contribution in [2.75, 3.05) is 26.2 Å². The standard InChI is InChI=1S/C12H15BrN2O4S/c13-10-2-1-8(20-10)3-4-14-12(18)15-5-6-19-9(7-15)11(16)17/h1-2,9H,3-7H2,(H,14,18)(H,16,17). The first-order chi connectivity index (χ1) is 9.56. The van der Waals surface area contributed by atoms with E-state index in [2.05, 4.69) is 21.2 Å². The summed E-state index contributed by atoms with van der Waals surface area (Å²) in [5.74, 6) is -1.04. The fourth-order valence-corrected chi connectivity index (χ4v) is 3.36. The summed E-state index contributed by atoms with van der Waals surface area (Å²) in [5, 5.41) is 11.7. The number of urea groups is 1. The van der Waals surface area contributed by atoms with E-state index in [1.807, 2.05) is 12.1 Å². The van der Waals surface area contributed by atoms with Gasteiger partial charge in [-0.1, -0.05) is 0 Å². The zero-order valence-electron chi connectivity index (χ0n) is 10.7. The SMILES string of the molecule is O=C(O)C1CN(C(=O)NCCc2ccc(Br)s2)CCO1. The number of amides is 2. The highest BCUT2D eigenvalue weighted by Crippen LogP contribution is 2.22. The van der Waals surface area contributed by atoms with E-state index in [-0.39, 0.29) is 19.2 Å². The van der Waals surface area contributed by atoms with E-state index in [1.165, 1.54) is 9.78 Å². The molecule has 20 heavy (non-hydrogen) atoms. The van der Waals surface area contributed by atoms with Crippen LogP contribution >= 0.6 is 27.3 Å². The number of ether oxygens (including phenoxy) is 1. The number of thiophene rings is 1. The van der Waals surface area contributed by atoms with Crippen LogP contribution in [0.3, 0.4) is 0 Å². The Kier molecular flexibility index (Phi) is 5.38. The molecule has 6 nitrogen and oxygen atoms in total. The number of morpholine rings is 1. The lowest BCUT2D eigenvalue weighted by atomic mass is 10.3. The largest absolute Gasteiger partial charge is 0.479 e. The van der Waals surface area contributed by atoms with Gasteiger partial charge in [0.05, 0.1) is 16.9 Å². The first-order valence-electron chi connectivity index (χ1n) is 6.17. The summed E-state index contributed by atoms with van der Waals surface area (Å²) in [6, 6.07) is 3.74. The minimum atomic E-state index is -1.04. The number of carboxylic acids is 1. The van der Waals surface area contributed by atoms with Gasteiger partial charge in [0.15, 0.2) is 6.10 Å². The maximum Gasteiger partial charge on any atom is 0.334 e. The van der Waals surface area contributed by atoms with E-state index in [4.69, 9.17) is 9.84 Å². The molecule has 0 aromatic carbocycles. The number of aliphatic carboxylic acids is 1. The fraction of sp³-hybridized carbons (Fsp3) is 0.500. The van der Waals surface area contributed by atoms with Gasteiger partial charge in [0.25, 0.3) is 0 Å². The second kappa shape index (κ2) is 7.05. The van der Waals surface area contributed by atoms with Crippen LogP contribution in [0.5, 0.6) is 0 Å². The van der Waals surface area contributed by atoms with E-state index in [0.29, 0.717) is 13.1 Å². The Labute approximate surface area is 128 Å². The molecule has 0 aliphatic carbocycles. The Morgan fingerprint density at radius 2 is 2.35 bits per heavy atom. The number of nitrogens with one attached hydrogen (secondary N) is 1. The van der Waals surface area contributed by atoms with Crippen LogP contribution in [-0.4, -0.2) is 54.4 Å². The summed E-state index contributed by atoms with van der Waals surface area (Å²) >= 11 is 5.02. The molecule has 2 amide bonds. The molecule has 0 saturated carbocycles. The van der Waals surface area contributed by atoms with Crippen LogP contribution in [0.1, 0.15) is 4.88 Å². The van der Waals surface area contributed by atoms with Crippen LogP contribution in [0.2, 0.25) is 0 Å². The molecule has 1 fully saturated rings. The highest BCUT2D eigenvalue weighted by Gasteiger charge is 2.28. The second-order valence-corrected chi connectivity index (χ2v) is 6.88. The maximum absolute atomic E-state index is 11.9. The van der Waals surface area contributed by atoms with Crippen LogP contribution in [0, 0.1) is 0 Å². The molecule has 2 N–H and O–H groups in total. The van der Waals surface area contributed by atoms with E-state index in [9.17, 15) is 9.59 Å². The van der Waals surface area contributed by atoms with Crippen molar-refractivity contribution in [3.05, 3.63) is 20.8 Å². The monoisotopic (exact) mass is 362 g/mol. The molecule has 1 aliphatic heterocycles. The molecule has 1 aliphatic rings. The van der Waals surface area contributed by atoms with Crippen molar-refractivity contribution in [1.82, 2.24) is 10.2 Å². The molecule has 8 heteroatoms. The lowest BCUT2D eigenvalue weighted by molar-refractivity contribution is -0.154. The van der Waals surface area contributed by atoms with Gasteiger partial charge in [-0.25, -0.2) is 9.59 Å². The molecule has 0 bridgehead atoms. The third kappa shape index (κ3) is 4.19. The fourth-order valence-electron chi connectivity index (χ4n) is 1.87. The molecule has 1 aromatic heterocycles. The summed E-state index contributed by atoms with van der Waals surface area (Å²) in [6.07, 6.45) is -0.169. The molecule has 2 heterocycles. The number of carbonyl (C=O) groups is 2. The summed E-state index contributed by atoms with van der Waals surface area (Å²) in [5.41, 5.74) is 0. The first-order valence-corrected chi connectivity index (χ1v) is 7.78. The van der Waals surface area contributed by atoms with E-state index in [1.54, 1.807) is 11.3 Å². The maximum atomic E-state index is 11.9. The summed E-state index contributed by atoms with van der Waals surface area (Å²) in [4.78, 5) is 25.4. The van der Waals surface area contributed by atoms with Crippen molar-refractivity contribution >= 4 is 39.3 Å². The number of carboxylic acid groups (broad SMARTS) is 1. The summed E-state index contributed by atoms with van der Waals surface area (Å²) < 4.78 is 6.14. The quantitative estimate of drug-likeness (QED) is 0.851. The Hall–Kier alpha value is -1.12. The highest BCUT2D eigenvalue weighted by molar-refractivity contribution is 9.11. The molecule has 2 rings (SSSR count). The Balaban J connectivity index is 1.75. The van der Waals surface area contributed by atoms with Crippen molar-refractivity contribution in [2.24, 2.45) is 0 Å². The normalized spacial score (nSPS) is 18.9. The van der Waals surface area contributed by atoms with Crippen molar-refractivity contribution in [3.8, 4) is 0 Å². The van der Waals surface area contributed by atoms with Crippen molar-refractivity contribution in [1.29, 1.82) is 0 Å². The highest BCUT2D eigenvalue weighted by atomic mass is 79.9. The van der Waals surface area contributed by atoms with Gasteiger partial charge in [-0.05, 0) is 34.5 Å². The molecule has 0 radical (unpaired) electrons. The zero-order valence-corrected chi connectivity index (χ0v) is 13.1. The Bertz CT molecular complexity index is 494. The van der Waals surface area contributed by atoms with Crippen LogP contribution in [0.4, 0.5) is 4.79 Å². The molecule has 1 aromatic rings. The average molecular weight is 363 g/mol. The van der Waals surface area contributed by atoms with Crippen molar-refractivity contribution < 1.29 is 19.4 Å². The Morgan fingerprint density at radius 3 is 3.00 bits per heavy atom. The van der Waals surface area contributed by atoms with Crippen LogP contribution in [-0.2, 0) is 16.0 Å². The van der Waals surface area contributed by atoms with Gasteiger partial charge in [0, 0.05) is 18.0 Å². The third-order valence-electron chi connectivity index (χ3n) is 2.91. The number of nitrogens with zero attached hydrogens (tertiary/aromatic N) is 1. The molecular weight excluding hydrogens is 348 g/mol. The average Bonchev–Trinajstić information content (AvgIpc) is 2.84. The van der Waals surface area contributed by atoms with Crippen LogP contribution < -0.4 is 5.32 Å². The molecule has 1 atom stereocenters. The van der Waals surface area contributed by atoms with Crippen molar-refractivity contribution in [3.63, 3.8) is 0 Å². The predicted octanol–water partition coefficient (Wildman–Crippen LogP) is 1.55. The van der Waals surface area contributed by atoms with Crippen molar-refractivity contribution in [2.45, 2.75) is 12.5 Å². The number of halogens is 1. The summed E-state index contributed by atoms with van der Waals surface area (Å²) in [7, 11) is 0. The molecule has 110 valence electrons. The predicted molar refractivity (Wildman–Crippen MR) is 78.1 cm³/mol. The van der Waals surface area contributed by atoms with Crippen LogP contribution in [0.25, 0.3) is 0 Å². The van der Waals surface area contributed by atoms with Gasteiger partial charge in [0.1, 0.15) is 0 Å². The summed E-state index contributed by atoms with van der Waals surface area (Å²) in [6.45, 7) is 1.29. The molecule has 1 unspecified atom stereocenters. The number of hydrogen-bond donors (Lipinski definition) is 2. The smallest absolute Gasteiger partial charge is 0.334 e. The van der Waals surface area contributed by atoms with Gasteiger partial charge in [0.2, 0.25) is 0 Å². The molecule has 0 spiro atoms. The van der Waals surface area contributed by atoms with Gasteiger partial charge in [-0.3, -0.25) is 0 Å². The lowest BCUT2D eigenvalue weighted by Gasteiger charge is -2.30. The molecular formula is C12H15BrN2O4S. The topological polar surface area (TPSA) is 78.9 Å². The lowest BCUT2D eigenvalue weighted by Crippen LogP contribution is -2.52.